The summed E-state index contributed by atoms with van der Waals surface area (Å²) < 4.78 is 4.70. The van der Waals surface area contributed by atoms with Gasteiger partial charge in [-0.25, -0.2) is 0 Å². The van der Waals surface area contributed by atoms with E-state index in [4.69, 9.17) is 4.52 Å². The second kappa shape index (κ2) is 11.2. The molecule has 0 saturated heterocycles. The van der Waals surface area contributed by atoms with Crippen LogP contribution >= 0.6 is 0 Å². The number of hydrogen-bond acceptors (Lipinski definition) is 4. The number of aryl methyl sites for hydroxylation is 1. The topological polar surface area (TPSA) is 75.4 Å². The van der Waals surface area contributed by atoms with Crippen molar-refractivity contribution in [3.05, 3.63) is 47.7 Å². The van der Waals surface area contributed by atoms with Crippen molar-refractivity contribution in [1.29, 1.82) is 0 Å². The summed E-state index contributed by atoms with van der Waals surface area (Å²) in [6.07, 6.45) is 7.78. The van der Waals surface area contributed by atoms with Gasteiger partial charge >= 0.3 is 0 Å². The first kappa shape index (κ1) is 20.7. The van der Waals surface area contributed by atoms with Gasteiger partial charge in [0.05, 0.1) is 0 Å². The van der Waals surface area contributed by atoms with Gasteiger partial charge in [-0.05, 0) is 37.0 Å². The Morgan fingerprint density at radius 3 is 2.41 bits per heavy atom. The molecule has 1 heterocycles. The molecular weight excluding hydrogens is 342 g/mol. The van der Waals surface area contributed by atoms with Gasteiger partial charge in [0.1, 0.15) is 12.8 Å². The fourth-order valence-electron chi connectivity index (χ4n) is 2.81. The maximum atomic E-state index is 12.9. The van der Waals surface area contributed by atoms with Crippen molar-refractivity contribution in [2.75, 3.05) is 18.4 Å². The summed E-state index contributed by atoms with van der Waals surface area (Å²) in [6, 6.07) is 9.30. The Labute approximate surface area is 160 Å². The summed E-state index contributed by atoms with van der Waals surface area (Å²) in [5.41, 5.74) is 1.85. The molecule has 27 heavy (non-hydrogen) atoms. The highest BCUT2D eigenvalue weighted by Gasteiger charge is 2.19. The van der Waals surface area contributed by atoms with E-state index >= 15 is 0 Å². The third-order valence-corrected chi connectivity index (χ3v) is 4.38. The van der Waals surface area contributed by atoms with E-state index < -0.39 is 0 Å². The zero-order valence-corrected chi connectivity index (χ0v) is 16.2. The number of hydrogen-bond donors (Lipinski definition) is 1. The molecule has 0 unspecified atom stereocenters. The number of rotatable bonds is 11. The minimum Gasteiger partial charge on any atom is -0.363 e. The molecule has 2 rings (SSSR count). The number of anilines is 1. The van der Waals surface area contributed by atoms with Crippen LogP contribution in [0.1, 0.15) is 61.9 Å². The lowest BCUT2D eigenvalue weighted by atomic mass is 10.0. The van der Waals surface area contributed by atoms with Crippen molar-refractivity contribution < 1.29 is 14.1 Å². The van der Waals surface area contributed by atoms with Crippen molar-refractivity contribution in [1.82, 2.24) is 10.1 Å². The van der Waals surface area contributed by atoms with Crippen LogP contribution in [0.3, 0.4) is 0 Å². The summed E-state index contributed by atoms with van der Waals surface area (Å²) in [6.45, 7) is 4.78. The van der Waals surface area contributed by atoms with Crippen LogP contribution in [0.4, 0.5) is 5.82 Å². The summed E-state index contributed by atoms with van der Waals surface area (Å²) in [7, 11) is 0. The maximum Gasteiger partial charge on any atom is 0.254 e. The Bertz CT molecular complexity index is 696. The zero-order valence-electron chi connectivity index (χ0n) is 16.2. The number of carbonyl (C=O) groups excluding carboxylic acids is 2. The lowest BCUT2D eigenvalue weighted by Gasteiger charge is -2.22. The van der Waals surface area contributed by atoms with E-state index in [1.54, 1.807) is 11.0 Å². The molecule has 0 aliphatic rings. The van der Waals surface area contributed by atoms with Crippen LogP contribution in [0.15, 0.2) is 41.1 Å². The fourth-order valence-corrected chi connectivity index (χ4v) is 2.81. The number of carbonyl (C=O) groups is 2. The number of aromatic nitrogens is 1. The number of nitrogens with zero attached hydrogens (tertiary/aromatic N) is 2. The Kier molecular flexibility index (Phi) is 8.55. The number of unbranched alkanes of at least 4 members (excludes halogenated alkanes) is 3. The van der Waals surface area contributed by atoms with E-state index in [0.717, 1.165) is 25.7 Å². The van der Waals surface area contributed by atoms with Crippen LogP contribution in [0.2, 0.25) is 0 Å². The molecule has 2 aromatic rings. The highest BCUT2D eigenvalue weighted by molar-refractivity contribution is 5.99. The molecule has 0 spiro atoms. The molecular formula is C21H29N3O3. The summed E-state index contributed by atoms with van der Waals surface area (Å²) in [5.74, 6) is -0.0669. The quantitative estimate of drug-likeness (QED) is 0.598. The van der Waals surface area contributed by atoms with Crippen LogP contribution in [-0.2, 0) is 11.2 Å². The molecule has 0 bridgehead atoms. The molecule has 0 radical (unpaired) electrons. The Hall–Kier alpha value is -2.63. The van der Waals surface area contributed by atoms with E-state index in [2.05, 4.69) is 24.3 Å². The van der Waals surface area contributed by atoms with Crippen molar-refractivity contribution >= 4 is 17.6 Å². The first-order valence-electron chi connectivity index (χ1n) is 9.72. The van der Waals surface area contributed by atoms with Gasteiger partial charge in [0.25, 0.3) is 5.91 Å². The molecule has 1 aromatic carbocycles. The third-order valence-electron chi connectivity index (χ3n) is 4.38. The number of benzene rings is 1. The van der Waals surface area contributed by atoms with Gasteiger partial charge in [-0.1, -0.05) is 50.4 Å². The van der Waals surface area contributed by atoms with Crippen LogP contribution in [-0.4, -0.2) is 35.0 Å². The van der Waals surface area contributed by atoms with E-state index in [1.807, 2.05) is 24.3 Å². The van der Waals surface area contributed by atoms with Crippen molar-refractivity contribution in [3.8, 4) is 0 Å². The van der Waals surface area contributed by atoms with E-state index in [-0.39, 0.29) is 18.4 Å². The Morgan fingerprint density at radius 2 is 1.78 bits per heavy atom. The van der Waals surface area contributed by atoms with E-state index in [9.17, 15) is 9.59 Å². The van der Waals surface area contributed by atoms with Gasteiger partial charge in [0, 0.05) is 18.2 Å². The van der Waals surface area contributed by atoms with Gasteiger partial charge in [-0.3, -0.25) is 9.59 Å². The molecule has 0 atom stereocenters. The van der Waals surface area contributed by atoms with Gasteiger partial charge < -0.3 is 14.7 Å². The minimum absolute atomic E-state index is 0.00998. The highest BCUT2D eigenvalue weighted by Crippen LogP contribution is 2.12. The van der Waals surface area contributed by atoms with E-state index in [1.165, 1.54) is 24.7 Å². The molecule has 1 N–H and O–H groups in total. The second-order valence-electron chi connectivity index (χ2n) is 6.67. The summed E-state index contributed by atoms with van der Waals surface area (Å²) >= 11 is 0. The smallest absolute Gasteiger partial charge is 0.254 e. The second-order valence-corrected chi connectivity index (χ2v) is 6.67. The fraction of sp³-hybridized carbons (Fsp3) is 0.476. The molecule has 0 saturated carbocycles. The SMILES string of the molecule is CCCCCc1ccc(C(=O)N(CCCC)CC(=O)Nc2ccon2)cc1. The van der Waals surface area contributed by atoms with Crippen LogP contribution in [0, 0.1) is 0 Å². The molecule has 6 heteroatoms. The normalized spacial score (nSPS) is 10.6. The first-order chi connectivity index (χ1) is 13.1. The van der Waals surface area contributed by atoms with Gasteiger partial charge in [-0.15, -0.1) is 0 Å². The maximum absolute atomic E-state index is 12.9. The Morgan fingerprint density at radius 1 is 1.04 bits per heavy atom. The van der Waals surface area contributed by atoms with Gasteiger partial charge in [0.15, 0.2) is 5.82 Å². The number of amides is 2. The average molecular weight is 371 g/mol. The summed E-state index contributed by atoms with van der Waals surface area (Å²) in [4.78, 5) is 26.7. The lowest BCUT2D eigenvalue weighted by Crippen LogP contribution is -2.38. The molecule has 6 nitrogen and oxygen atoms in total. The molecule has 1 aromatic heterocycles. The predicted octanol–water partition coefficient (Wildman–Crippen LogP) is 4.29. The zero-order chi connectivity index (χ0) is 19.5. The van der Waals surface area contributed by atoms with Crippen LogP contribution in [0.5, 0.6) is 0 Å². The average Bonchev–Trinajstić information content (AvgIpc) is 3.18. The molecule has 0 aliphatic heterocycles. The van der Waals surface area contributed by atoms with Gasteiger partial charge in [-0.2, -0.15) is 0 Å². The van der Waals surface area contributed by atoms with Gasteiger partial charge in [0.2, 0.25) is 5.91 Å². The lowest BCUT2D eigenvalue weighted by molar-refractivity contribution is -0.117. The largest absolute Gasteiger partial charge is 0.363 e. The third kappa shape index (κ3) is 6.89. The summed E-state index contributed by atoms with van der Waals surface area (Å²) in [5, 5.41) is 6.29. The van der Waals surface area contributed by atoms with Crippen molar-refractivity contribution in [2.45, 2.75) is 52.4 Å². The van der Waals surface area contributed by atoms with Crippen LogP contribution in [0.25, 0.3) is 0 Å². The minimum atomic E-state index is -0.287. The Balaban J connectivity index is 1.99. The van der Waals surface area contributed by atoms with E-state index in [0.29, 0.717) is 17.9 Å². The van der Waals surface area contributed by atoms with Crippen molar-refractivity contribution in [2.24, 2.45) is 0 Å². The molecule has 0 aliphatic carbocycles. The highest BCUT2D eigenvalue weighted by atomic mass is 16.5. The first-order valence-corrected chi connectivity index (χ1v) is 9.72. The molecule has 0 fully saturated rings. The monoisotopic (exact) mass is 371 g/mol. The standard InChI is InChI=1S/C21H29N3O3/c1-3-5-7-8-17-9-11-18(12-10-17)21(26)24(14-6-4-2)16-20(25)22-19-13-15-27-23-19/h9-13,15H,3-8,14,16H2,1-2H3,(H,22,23,25). The molecule has 146 valence electrons. The number of nitrogens with one attached hydrogen (secondary N) is 1. The predicted molar refractivity (Wildman–Crippen MR) is 106 cm³/mol. The molecule has 2 amide bonds. The van der Waals surface area contributed by atoms with Crippen molar-refractivity contribution in [3.63, 3.8) is 0 Å². The van der Waals surface area contributed by atoms with Crippen LogP contribution < -0.4 is 5.32 Å².